The first-order chi connectivity index (χ1) is 19.6. The van der Waals surface area contributed by atoms with Gasteiger partial charge in [-0.15, -0.1) is 0 Å². The van der Waals surface area contributed by atoms with E-state index in [4.69, 9.17) is 4.74 Å². The fourth-order valence-electron chi connectivity index (χ4n) is 6.07. The monoisotopic (exact) mass is 572 g/mol. The number of aliphatic hydroxyl groups excluding tert-OH is 2. The van der Waals surface area contributed by atoms with Crippen LogP contribution in [0.3, 0.4) is 0 Å². The standard InChI is InChI=1S/C30H32N4O6Si/c1-30(2,41(39,19-11-5-3-6-12-19)20-13-7-4-8-14-20)18-17-23-25(35)26(36)24(27(40-23)32-33-31)34-28(37)21-15-9-10-16-22(21)29(34)38/h3-16,23-27,35-36,39H,17-18H2,1-2H3/t23?,24?,25-,26?,27-/m1/s1. The molecular weight excluding hydrogens is 540 g/mol. The summed E-state index contributed by atoms with van der Waals surface area (Å²) in [6.45, 7) is 3.94. The van der Waals surface area contributed by atoms with Gasteiger partial charge in [0.05, 0.1) is 17.2 Å². The van der Waals surface area contributed by atoms with E-state index in [-0.39, 0.29) is 17.5 Å². The number of hydrogen-bond acceptors (Lipinski definition) is 7. The minimum atomic E-state index is -3.35. The summed E-state index contributed by atoms with van der Waals surface area (Å²) in [6.07, 6.45) is -4.95. The van der Waals surface area contributed by atoms with Crippen LogP contribution < -0.4 is 10.4 Å². The summed E-state index contributed by atoms with van der Waals surface area (Å²) < 4.78 is 6.01. The van der Waals surface area contributed by atoms with Crippen LogP contribution in [0.2, 0.25) is 5.04 Å². The summed E-state index contributed by atoms with van der Waals surface area (Å²) >= 11 is 0. The van der Waals surface area contributed by atoms with Crippen LogP contribution in [0.25, 0.3) is 10.4 Å². The van der Waals surface area contributed by atoms with Crippen LogP contribution in [0.4, 0.5) is 0 Å². The quantitative estimate of drug-likeness (QED) is 0.124. The van der Waals surface area contributed by atoms with E-state index in [1.165, 1.54) is 12.1 Å². The largest absolute Gasteiger partial charge is 0.424 e. The third kappa shape index (κ3) is 4.86. The first-order valence-corrected chi connectivity index (χ1v) is 15.4. The van der Waals surface area contributed by atoms with E-state index in [9.17, 15) is 30.1 Å². The third-order valence-electron chi connectivity index (χ3n) is 8.39. The van der Waals surface area contributed by atoms with Crippen molar-refractivity contribution in [2.45, 2.75) is 62.3 Å². The molecule has 3 aromatic carbocycles. The highest BCUT2D eigenvalue weighted by atomic mass is 28.4. The van der Waals surface area contributed by atoms with E-state index in [0.717, 1.165) is 15.3 Å². The summed E-state index contributed by atoms with van der Waals surface area (Å²) in [5, 5.41) is 27.1. The van der Waals surface area contributed by atoms with Gasteiger partial charge in [-0.25, -0.2) is 0 Å². The summed E-state index contributed by atoms with van der Waals surface area (Å²) in [5.74, 6) is -1.32. The number of hydrogen-bond donors (Lipinski definition) is 3. The molecule has 3 aromatic rings. The Balaban J connectivity index is 1.41. The number of imide groups is 1. The SMILES string of the molecule is CC(C)(CCC1O[C@@H](N=[N+]=[N-])C(N2C(=O)c3ccccc3C2=O)C(O)[C@@H]1O)[Si](O)(c1ccccc1)c1ccccc1. The zero-order valence-electron chi connectivity index (χ0n) is 22.7. The van der Waals surface area contributed by atoms with Gasteiger partial charge in [-0.3, -0.25) is 14.5 Å². The maximum atomic E-state index is 13.1. The van der Waals surface area contributed by atoms with Gasteiger partial charge in [-0.1, -0.05) is 91.8 Å². The molecule has 2 aliphatic rings. The van der Waals surface area contributed by atoms with Gasteiger partial charge < -0.3 is 19.7 Å². The first-order valence-electron chi connectivity index (χ1n) is 13.5. The van der Waals surface area contributed by atoms with Crippen molar-refractivity contribution in [3.63, 3.8) is 0 Å². The van der Waals surface area contributed by atoms with Gasteiger partial charge in [-0.05, 0) is 45.9 Å². The lowest BCUT2D eigenvalue weighted by Crippen LogP contribution is -2.66. The Labute approximate surface area is 238 Å². The van der Waals surface area contributed by atoms with E-state index in [1.807, 2.05) is 74.5 Å². The van der Waals surface area contributed by atoms with Gasteiger partial charge in [0, 0.05) is 4.91 Å². The van der Waals surface area contributed by atoms with Crippen molar-refractivity contribution in [3.05, 3.63) is 106 Å². The molecule has 2 amide bonds. The van der Waals surface area contributed by atoms with E-state index >= 15 is 0 Å². The maximum Gasteiger partial charge on any atom is 0.261 e. The number of benzene rings is 3. The smallest absolute Gasteiger partial charge is 0.261 e. The van der Waals surface area contributed by atoms with Gasteiger partial charge in [0.1, 0.15) is 18.2 Å². The molecule has 3 N–H and O–H groups in total. The third-order valence-corrected chi connectivity index (χ3v) is 12.9. The van der Waals surface area contributed by atoms with Crippen LogP contribution in [0.1, 0.15) is 47.4 Å². The molecule has 0 aromatic heterocycles. The van der Waals surface area contributed by atoms with Crippen molar-refractivity contribution in [2.75, 3.05) is 0 Å². The lowest BCUT2D eigenvalue weighted by molar-refractivity contribution is -0.195. The van der Waals surface area contributed by atoms with Crippen molar-refractivity contribution < 1.29 is 29.3 Å². The number of fused-ring (bicyclic) bond motifs is 1. The van der Waals surface area contributed by atoms with Gasteiger partial charge in [0.15, 0.2) is 6.23 Å². The maximum absolute atomic E-state index is 13.1. The Bertz CT molecular complexity index is 1410. The molecule has 3 unspecified atom stereocenters. The highest BCUT2D eigenvalue weighted by Crippen LogP contribution is 2.42. The topological polar surface area (TPSA) is 156 Å². The van der Waals surface area contributed by atoms with Crippen molar-refractivity contribution >= 4 is 30.5 Å². The number of amides is 2. The van der Waals surface area contributed by atoms with Crippen molar-refractivity contribution in [1.29, 1.82) is 0 Å². The van der Waals surface area contributed by atoms with E-state index in [2.05, 4.69) is 10.0 Å². The Morgan fingerprint density at radius 3 is 1.85 bits per heavy atom. The number of ether oxygens (including phenoxy) is 1. The lowest BCUT2D eigenvalue weighted by Gasteiger charge is -2.46. The van der Waals surface area contributed by atoms with Crippen LogP contribution in [-0.2, 0) is 4.74 Å². The van der Waals surface area contributed by atoms with Gasteiger partial charge in [-0.2, -0.15) is 0 Å². The van der Waals surface area contributed by atoms with Gasteiger partial charge in [0.25, 0.3) is 20.1 Å². The second-order valence-corrected chi connectivity index (χ2v) is 15.1. The van der Waals surface area contributed by atoms with Gasteiger partial charge >= 0.3 is 0 Å². The molecule has 0 bridgehead atoms. The Hall–Kier alpha value is -3.83. The minimum absolute atomic E-state index is 0.161. The van der Waals surface area contributed by atoms with Crippen LogP contribution in [0.5, 0.6) is 0 Å². The lowest BCUT2D eigenvalue weighted by atomic mass is 9.90. The predicted molar refractivity (Wildman–Crippen MR) is 154 cm³/mol. The summed E-state index contributed by atoms with van der Waals surface area (Å²) in [5.41, 5.74) is 9.58. The number of carbonyl (C=O) groups excluding carboxylic acids is 2. The molecule has 0 saturated carbocycles. The molecule has 212 valence electrons. The predicted octanol–water partition coefficient (Wildman–Crippen LogP) is 2.72. The normalized spacial score (nSPS) is 24.6. The molecule has 2 heterocycles. The summed E-state index contributed by atoms with van der Waals surface area (Å²) in [4.78, 5) is 42.3. The first kappa shape index (κ1) is 28.7. The fourth-order valence-corrected chi connectivity index (χ4v) is 9.82. The van der Waals surface area contributed by atoms with E-state index in [0.29, 0.717) is 6.42 Å². The van der Waals surface area contributed by atoms with Crippen molar-refractivity contribution in [3.8, 4) is 0 Å². The molecule has 1 fully saturated rings. The zero-order valence-corrected chi connectivity index (χ0v) is 23.7. The molecule has 41 heavy (non-hydrogen) atoms. The molecule has 1 saturated heterocycles. The molecule has 11 heteroatoms. The highest BCUT2D eigenvalue weighted by Gasteiger charge is 2.54. The second kappa shape index (κ2) is 11.2. The molecule has 5 rings (SSSR count). The molecule has 2 aliphatic heterocycles. The Morgan fingerprint density at radius 1 is 0.878 bits per heavy atom. The minimum Gasteiger partial charge on any atom is -0.424 e. The van der Waals surface area contributed by atoms with Crippen LogP contribution >= 0.6 is 0 Å². The second-order valence-electron chi connectivity index (χ2n) is 11.1. The number of aliphatic hydroxyl groups is 2. The summed E-state index contributed by atoms with van der Waals surface area (Å²) in [6, 6.07) is 23.8. The fraction of sp³-hybridized carbons (Fsp3) is 0.333. The average molecular weight is 573 g/mol. The molecule has 5 atom stereocenters. The van der Waals surface area contributed by atoms with E-state index in [1.54, 1.807) is 12.1 Å². The van der Waals surface area contributed by atoms with Crippen LogP contribution in [0, 0.1) is 0 Å². The van der Waals surface area contributed by atoms with E-state index < -0.39 is 55.8 Å². The molecule has 0 radical (unpaired) electrons. The highest BCUT2D eigenvalue weighted by molar-refractivity contribution is 6.98. The number of azide groups is 1. The van der Waals surface area contributed by atoms with Crippen molar-refractivity contribution in [1.82, 2.24) is 4.90 Å². The molecule has 10 nitrogen and oxygen atoms in total. The van der Waals surface area contributed by atoms with Crippen LogP contribution in [0.15, 0.2) is 90.0 Å². The molecular formula is C30H32N4O6Si. The summed E-state index contributed by atoms with van der Waals surface area (Å²) in [7, 11) is -3.35. The van der Waals surface area contributed by atoms with Crippen molar-refractivity contribution in [2.24, 2.45) is 5.11 Å². The van der Waals surface area contributed by atoms with Gasteiger partial charge in [0.2, 0.25) is 0 Å². The molecule has 0 spiro atoms. The van der Waals surface area contributed by atoms with Crippen LogP contribution in [-0.4, -0.2) is 70.6 Å². The zero-order chi connectivity index (χ0) is 29.4. The average Bonchev–Trinajstić information content (AvgIpc) is 3.24. The number of carbonyl (C=O) groups is 2. The number of rotatable bonds is 8. The Morgan fingerprint density at radius 2 is 1.37 bits per heavy atom. The Kier molecular flexibility index (Phi) is 7.84. The number of nitrogens with zero attached hydrogens (tertiary/aromatic N) is 4. The molecule has 0 aliphatic carbocycles.